The van der Waals surface area contributed by atoms with Crippen molar-refractivity contribution < 1.29 is 14.3 Å². The Morgan fingerprint density at radius 2 is 1.78 bits per heavy atom. The molecule has 0 aliphatic heterocycles. The fourth-order valence-corrected chi connectivity index (χ4v) is 3.91. The molecule has 1 saturated carbocycles. The van der Waals surface area contributed by atoms with Crippen molar-refractivity contribution in [2.75, 3.05) is 10.6 Å². The van der Waals surface area contributed by atoms with Gasteiger partial charge in [0.05, 0.1) is 0 Å². The van der Waals surface area contributed by atoms with Gasteiger partial charge < -0.3 is 15.4 Å². The summed E-state index contributed by atoms with van der Waals surface area (Å²) in [6.07, 6.45) is 5.21. The minimum Gasteiger partial charge on any atom is -0.489 e. The van der Waals surface area contributed by atoms with Gasteiger partial charge in [-0.1, -0.05) is 49.6 Å². The molecule has 1 aromatic heterocycles. The van der Waals surface area contributed by atoms with Crippen molar-refractivity contribution in [1.29, 1.82) is 0 Å². The predicted octanol–water partition coefficient (Wildman–Crippen LogP) is 4.77. The summed E-state index contributed by atoms with van der Waals surface area (Å²) in [5.41, 5.74) is 1.84. The van der Waals surface area contributed by atoms with Crippen LogP contribution in [0.5, 0.6) is 5.75 Å². The van der Waals surface area contributed by atoms with E-state index in [1.807, 2.05) is 54.6 Å². The number of ether oxygens (including phenoxy) is 1. The second kappa shape index (κ2) is 10.1. The monoisotopic (exact) mass is 432 g/mol. The van der Waals surface area contributed by atoms with Crippen LogP contribution in [0.1, 0.15) is 48.2 Å². The number of carbonyl (C=O) groups excluding carboxylic acids is 2. The highest BCUT2D eigenvalue weighted by molar-refractivity contribution is 6.04. The van der Waals surface area contributed by atoms with Gasteiger partial charge in [0, 0.05) is 24.7 Å². The zero-order valence-corrected chi connectivity index (χ0v) is 18.2. The van der Waals surface area contributed by atoms with Crippen molar-refractivity contribution in [3.05, 3.63) is 71.9 Å². The van der Waals surface area contributed by atoms with E-state index in [0.29, 0.717) is 18.1 Å². The molecule has 0 spiro atoms. The molecule has 3 aromatic rings. The number of hydrogen-bond acceptors (Lipinski definition) is 4. The minimum atomic E-state index is -0.333. The molecule has 7 nitrogen and oxygen atoms in total. The van der Waals surface area contributed by atoms with E-state index in [1.54, 1.807) is 13.1 Å². The molecular formula is C25H28N4O3. The van der Waals surface area contributed by atoms with Gasteiger partial charge in [-0.25, -0.2) is 0 Å². The number of anilines is 2. The fraction of sp³-hybridized carbons (Fsp3) is 0.320. The summed E-state index contributed by atoms with van der Waals surface area (Å²) >= 11 is 0. The fourth-order valence-electron chi connectivity index (χ4n) is 3.91. The third-order valence-electron chi connectivity index (χ3n) is 5.67. The lowest BCUT2D eigenvalue weighted by Crippen LogP contribution is -2.25. The SMILES string of the molecule is Cn1nc(C(=O)Nc2cccc(COc3ccccc3)c2)cc1NC(=O)C1CCCCC1. The number of benzene rings is 2. The van der Waals surface area contributed by atoms with Crippen LogP contribution in [0.4, 0.5) is 11.5 Å². The number of amides is 2. The lowest BCUT2D eigenvalue weighted by Gasteiger charge is -2.20. The van der Waals surface area contributed by atoms with Crippen molar-refractivity contribution in [3.63, 3.8) is 0 Å². The van der Waals surface area contributed by atoms with Gasteiger partial charge in [-0.05, 0) is 42.7 Å². The zero-order valence-electron chi connectivity index (χ0n) is 18.2. The summed E-state index contributed by atoms with van der Waals surface area (Å²) in [6.45, 7) is 0.397. The van der Waals surface area contributed by atoms with E-state index >= 15 is 0 Å². The summed E-state index contributed by atoms with van der Waals surface area (Å²) < 4.78 is 7.30. The molecule has 1 fully saturated rings. The van der Waals surface area contributed by atoms with E-state index in [-0.39, 0.29) is 23.4 Å². The Hall–Kier alpha value is -3.61. The first-order valence-electron chi connectivity index (χ1n) is 11.0. The highest BCUT2D eigenvalue weighted by Gasteiger charge is 2.23. The van der Waals surface area contributed by atoms with Crippen molar-refractivity contribution >= 4 is 23.3 Å². The van der Waals surface area contributed by atoms with Crippen LogP contribution in [-0.2, 0) is 18.4 Å². The van der Waals surface area contributed by atoms with Gasteiger partial charge in [-0.2, -0.15) is 5.10 Å². The van der Waals surface area contributed by atoms with Crippen LogP contribution in [-0.4, -0.2) is 21.6 Å². The van der Waals surface area contributed by atoms with Crippen molar-refractivity contribution in [2.45, 2.75) is 38.7 Å². The lowest BCUT2D eigenvalue weighted by atomic mass is 9.89. The topological polar surface area (TPSA) is 85.2 Å². The molecule has 2 aromatic carbocycles. The molecule has 0 unspecified atom stereocenters. The number of hydrogen-bond donors (Lipinski definition) is 2. The number of nitrogens with one attached hydrogen (secondary N) is 2. The summed E-state index contributed by atoms with van der Waals surface area (Å²) in [5.74, 6) is 1.02. The van der Waals surface area contributed by atoms with Crippen molar-refractivity contribution in [2.24, 2.45) is 13.0 Å². The quantitative estimate of drug-likeness (QED) is 0.563. The van der Waals surface area contributed by atoms with Crippen LogP contribution in [0, 0.1) is 5.92 Å². The highest BCUT2D eigenvalue weighted by atomic mass is 16.5. The summed E-state index contributed by atoms with van der Waals surface area (Å²) in [7, 11) is 1.72. The van der Waals surface area contributed by atoms with Gasteiger partial charge in [0.25, 0.3) is 5.91 Å². The minimum absolute atomic E-state index is 0.00535. The highest BCUT2D eigenvalue weighted by Crippen LogP contribution is 2.25. The molecule has 4 rings (SSSR count). The smallest absolute Gasteiger partial charge is 0.276 e. The number of aryl methyl sites for hydroxylation is 1. The summed E-state index contributed by atoms with van der Waals surface area (Å²) in [5, 5.41) is 10.1. The largest absolute Gasteiger partial charge is 0.489 e. The third-order valence-corrected chi connectivity index (χ3v) is 5.67. The summed E-state index contributed by atoms with van der Waals surface area (Å²) in [4.78, 5) is 25.3. The Balaban J connectivity index is 1.36. The molecular weight excluding hydrogens is 404 g/mol. The molecule has 0 saturated heterocycles. The summed E-state index contributed by atoms with van der Waals surface area (Å²) in [6, 6.07) is 18.7. The Kier molecular flexibility index (Phi) is 6.84. The molecule has 166 valence electrons. The molecule has 0 atom stereocenters. The molecule has 32 heavy (non-hydrogen) atoms. The van der Waals surface area contributed by atoms with E-state index in [2.05, 4.69) is 15.7 Å². The molecule has 7 heteroatoms. The van der Waals surface area contributed by atoms with E-state index in [4.69, 9.17) is 4.74 Å². The molecule has 1 heterocycles. The second-order valence-electron chi connectivity index (χ2n) is 8.12. The average molecular weight is 433 g/mol. The van der Waals surface area contributed by atoms with Crippen LogP contribution in [0.3, 0.4) is 0 Å². The first-order chi connectivity index (χ1) is 15.6. The third kappa shape index (κ3) is 5.55. The van der Waals surface area contributed by atoms with Crippen LogP contribution in [0.2, 0.25) is 0 Å². The predicted molar refractivity (Wildman–Crippen MR) is 124 cm³/mol. The second-order valence-corrected chi connectivity index (χ2v) is 8.12. The normalized spacial score (nSPS) is 14.0. The number of rotatable bonds is 7. The maximum Gasteiger partial charge on any atom is 0.276 e. The maximum atomic E-state index is 12.7. The van der Waals surface area contributed by atoms with Crippen molar-refractivity contribution in [1.82, 2.24) is 9.78 Å². The standard InChI is InChI=1S/C25H28N4O3/c1-29-23(27-24(30)19-10-4-2-5-11-19)16-22(28-29)25(31)26-20-12-8-9-18(15-20)17-32-21-13-6-3-7-14-21/h3,6-9,12-16,19H,2,4-5,10-11,17H2,1H3,(H,26,31)(H,27,30). The zero-order chi connectivity index (χ0) is 22.3. The molecule has 2 amide bonds. The van der Waals surface area contributed by atoms with Gasteiger partial charge in [0.15, 0.2) is 5.69 Å². The maximum absolute atomic E-state index is 12.7. The van der Waals surface area contributed by atoms with E-state index in [1.165, 1.54) is 11.1 Å². The first kappa shape index (κ1) is 21.6. The Morgan fingerprint density at radius 1 is 1.00 bits per heavy atom. The van der Waals surface area contributed by atoms with E-state index < -0.39 is 0 Å². The Morgan fingerprint density at radius 3 is 2.56 bits per heavy atom. The lowest BCUT2D eigenvalue weighted by molar-refractivity contribution is -0.120. The Bertz CT molecular complexity index is 1070. The van der Waals surface area contributed by atoms with E-state index in [9.17, 15) is 9.59 Å². The molecule has 0 bridgehead atoms. The number of aromatic nitrogens is 2. The van der Waals surface area contributed by atoms with Gasteiger partial charge in [-0.3, -0.25) is 14.3 Å². The molecule has 1 aliphatic rings. The van der Waals surface area contributed by atoms with Crippen LogP contribution in [0.15, 0.2) is 60.7 Å². The molecule has 1 aliphatic carbocycles. The first-order valence-corrected chi connectivity index (χ1v) is 11.0. The van der Waals surface area contributed by atoms with Crippen molar-refractivity contribution in [3.8, 4) is 5.75 Å². The van der Waals surface area contributed by atoms with Gasteiger partial charge >= 0.3 is 0 Å². The Labute approximate surface area is 187 Å². The van der Waals surface area contributed by atoms with Crippen LogP contribution < -0.4 is 15.4 Å². The molecule has 2 N–H and O–H groups in total. The molecule has 0 radical (unpaired) electrons. The van der Waals surface area contributed by atoms with Gasteiger partial charge in [-0.15, -0.1) is 0 Å². The van der Waals surface area contributed by atoms with Crippen LogP contribution in [0.25, 0.3) is 0 Å². The number of nitrogens with zero attached hydrogens (tertiary/aromatic N) is 2. The average Bonchev–Trinajstić information content (AvgIpc) is 3.19. The van der Waals surface area contributed by atoms with Crippen LogP contribution >= 0.6 is 0 Å². The number of carbonyl (C=O) groups is 2. The number of para-hydroxylation sites is 1. The van der Waals surface area contributed by atoms with Gasteiger partial charge in [0.1, 0.15) is 18.2 Å². The van der Waals surface area contributed by atoms with Gasteiger partial charge in [0.2, 0.25) is 5.91 Å². The van der Waals surface area contributed by atoms with E-state index in [0.717, 1.165) is 37.0 Å².